The topological polar surface area (TPSA) is 26.3 Å². The average Bonchev–Trinajstić information content (AvgIpc) is 3.20. The summed E-state index contributed by atoms with van der Waals surface area (Å²) in [6.45, 7) is 0. The number of benzene rings is 7. The van der Waals surface area contributed by atoms with Crippen LogP contribution in [0.5, 0.6) is 0 Å². The molecule has 7 aromatic rings. The minimum absolute atomic E-state index is 0.320. The molecule has 0 radical (unpaired) electrons. The molecule has 0 bridgehead atoms. The minimum Gasteiger partial charge on any atom is -0.465 e. The number of carbonyl (C=O) groups is 1. The molecule has 0 atom stereocenters. The molecule has 7 rings (SSSR count). The van der Waals surface area contributed by atoms with Gasteiger partial charge in [-0.25, -0.2) is 4.79 Å². The summed E-state index contributed by atoms with van der Waals surface area (Å²) in [6, 6.07) is 72.0. The highest BCUT2D eigenvalue weighted by Gasteiger charge is 2.47. The molecule has 0 heterocycles. The summed E-state index contributed by atoms with van der Waals surface area (Å²) in [6.07, 6.45) is 1.52. The molecule has 0 aliphatic heterocycles. The van der Waals surface area contributed by atoms with Crippen LogP contribution in [0.2, 0.25) is 0 Å². The van der Waals surface area contributed by atoms with Gasteiger partial charge in [-0.05, 0) is 102 Å². The quantitative estimate of drug-likeness (QED) is 0.101. The Labute approximate surface area is 297 Å². The molecule has 0 unspecified atom stereocenters. The summed E-state index contributed by atoms with van der Waals surface area (Å²) < 4.78 is 5.39. The zero-order valence-electron chi connectivity index (χ0n) is 28.2. The molecule has 0 spiro atoms. The molecule has 0 aliphatic carbocycles. The van der Waals surface area contributed by atoms with Crippen LogP contribution in [-0.4, -0.2) is 13.1 Å². The number of ether oxygens (including phenoxy) is 1. The Balaban J connectivity index is 1.47. The number of esters is 1. The summed E-state index contributed by atoms with van der Waals surface area (Å²) in [5.74, 6) is -0.320. The normalized spacial score (nSPS) is 11.5. The van der Waals surface area contributed by atoms with E-state index in [0.29, 0.717) is 5.56 Å². The molecule has 2 nitrogen and oxygen atoms in total. The lowest BCUT2D eigenvalue weighted by atomic mass is 10.1. The summed E-state index contributed by atoms with van der Waals surface area (Å²) in [4.78, 5) is 13.5. The smallest absolute Gasteiger partial charge is 0.337 e. The lowest BCUT2D eigenvalue weighted by molar-refractivity contribution is 0.0600. The van der Waals surface area contributed by atoms with Gasteiger partial charge in [-0.2, -0.15) is 0 Å². The van der Waals surface area contributed by atoms with E-state index in [1.807, 2.05) is 0 Å². The van der Waals surface area contributed by atoms with Crippen LogP contribution in [0.4, 0.5) is 0 Å². The number of hydrogen-bond donors (Lipinski definition) is 0. The average molecular weight is 687 g/mol. The van der Waals surface area contributed by atoms with Gasteiger partial charge in [0.15, 0.2) is 0 Å². The lowest BCUT2D eigenvalue weighted by Gasteiger charge is -2.29. The maximum atomic E-state index is 13.5. The fourth-order valence-corrected chi connectivity index (χ4v) is 15.7. The fraction of sp³-hybridized carbons (Fsp3) is 0.0652. The number of methoxy groups -OCH3 is 1. The van der Waals surface area contributed by atoms with Crippen LogP contribution < -0.4 is 31.8 Å². The first-order chi connectivity index (χ1) is 24.6. The van der Waals surface area contributed by atoms with Crippen molar-refractivity contribution in [1.29, 1.82) is 0 Å². The van der Waals surface area contributed by atoms with E-state index in [2.05, 4.69) is 200 Å². The Hall–Kier alpha value is -5.13. The molecule has 0 N–H and O–H groups in total. The van der Waals surface area contributed by atoms with E-state index in [-0.39, 0.29) is 5.97 Å². The summed E-state index contributed by atoms with van der Waals surface area (Å²) in [5, 5.41) is 7.85. The van der Waals surface area contributed by atoms with Crippen molar-refractivity contribution in [2.45, 2.75) is 12.3 Å². The van der Waals surface area contributed by atoms with E-state index in [4.69, 9.17) is 4.74 Å². The molecule has 0 amide bonds. The minimum atomic E-state index is -2.22. The van der Waals surface area contributed by atoms with Crippen LogP contribution in [0.1, 0.15) is 21.5 Å². The second-order valence-corrected chi connectivity index (χ2v) is 19.4. The van der Waals surface area contributed by atoms with Gasteiger partial charge in [0.05, 0.1) is 25.0 Å². The van der Waals surface area contributed by atoms with Crippen molar-refractivity contribution in [2.24, 2.45) is 0 Å². The summed E-state index contributed by atoms with van der Waals surface area (Å²) >= 11 is 0. The number of rotatable bonds is 11. The van der Waals surface area contributed by atoms with Gasteiger partial charge in [-0.3, -0.25) is 0 Å². The van der Waals surface area contributed by atoms with Crippen LogP contribution in [0.15, 0.2) is 200 Å². The van der Waals surface area contributed by atoms with Crippen LogP contribution >= 0.6 is 14.5 Å². The molecule has 4 heteroatoms. The SMILES string of the molecule is COC(=O)c1cc(C[P+](c2ccccc2)(c2ccccc2)c2ccccc2)cc(C[P+](c2ccccc2)(c2ccccc2)c2ccccc2)c1. The molecular weight excluding hydrogens is 646 g/mol. The first-order valence-corrected chi connectivity index (χ1v) is 20.9. The first kappa shape index (κ1) is 33.4. The van der Waals surface area contributed by atoms with Gasteiger partial charge in [0, 0.05) is 0 Å². The van der Waals surface area contributed by atoms with Crippen LogP contribution in [-0.2, 0) is 17.1 Å². The van der Waals surface area contributed by atoms with Gasteiger partial charge in [0.2, 0.25) is 0 Å². The van der Waals surface area contributed by atoms with Crippen molar-refractivity contribution >= 4 is 52.3 Å². The molecule has 0 fully saturated rings. The van der Waals surface area contributed by atoms with E-state index >= 15 is 0 Å². The van der Waals surface area contributed by atoms with E-state index in [9.17, 15) is 4.79 Å². The fourth-order valence-electron chi connectivity index (χ4n) is 7.27. The number of carbonyl (C=O) groups excluding carboxylic acids is 1. The Morgan fingerprint density at radius 1 is 0.400 bits per heavy atom. The molecule has 244 valence electrons. The van der Waals surface area contributed by atoms with E-state index in [0.717, 1.165) is 23.5 Å². The van der Waals surface area contributed by atoms with Gasteiger partial charge in [-0.15, -0.1) is 0 Å². The molecular formula is C46H40O2P2+2. The number of hydrogen-bond acceptors (Lipinski definition) is 2. The zero-order chi connectivity index (χ0) is 34.2. The molecule has 7 aromatic carbocycles. The maximum absolute atomic E-state index is 13.5. The predicted octanol–water partition coefficient (Wildman–Crippen LogP) is 8.46. The van der Waals surface area contributed by atoms with Gasteiger partial charge in [0.1, 0.15) is 46.4 Å². The van der Waals surface area contributed by atoms with Crippen molar-refractivity contribution < 1.29 is 9.53 Å². The molecule has 50 heavy (non-hydrogen) atoms. The third kappa shape index (κ3) is 6.58. The molecule has 0 saturated heterocycles. The molecule has 0 saturated carbocycles. The molecule has 0 aliphatic rings. The molecule has 0 aromatic heterocycles. The van der Waals surface area contributed by atoms with Gasteiger partial charge >= 0.3 is 5.97 Å². The second-order valence-electron chi connectivity index (χ2n) is 12.5. The zero-order valence-corrected chi connectivity index (χ0v) is 30.0. The Kier molecular flexibility index (Phi) is 10.1. The van der Waals surface area contributed by atoms with Crippen LogP contribution in [0.3, 0.4) is 0 Å². The van der Waals surface area contributed by atoms with Gasteiger partial charge in [0.25, 0.3) is 0 Å². The van der Waals surface area contributed by atoms with Crippen molar-refractivity contribution in [3.8, 4) is 0 Å². The van der Waals surface area contributed by atoms with E-state index in [1.165, 1.54) is 38.9 Å². The Morgan fingerprint density at radius 2 is 0.640 bits per heavy atom. The third-order valence-electron chi connectivity index (χ3n) is 9.49. The maximum Gasteiger partial charge on any atom is 0.337 e. The van der Waals surface area contributed by atoms with Crippen molar-refractivity contribution in [1.82, 2.24) is 0 Å². The highest BCUT2D eigenvalue weighted by Crippen LogP contribution is 2.60. The van der Waals surface area contributed by atoms with Gasteiger partial charge < -0.3 is 4.74 Å². The van der Waals surface area contributed by atoms with Crippen molar-refractivity contribution in [3.63, 3.8) is 0 Å². The largest absolute Gasteiger partial charge is 0.465 e. The van der Waals surface area contributed by atoms with Crippen molar-refractivity contribution in [2.75, 3.05) is 7.11 Å². The third-order valence-corrected chi connectivity index (χ3v) is 18.3. The van der Waals surface area contributed by atoms with Crippen molar-refractivity contribution in [3.05, 3.63) is 217 Å². The predicted molar refractivity (Wildman–Crippen MR) is 215 cm³/mol. The van der Waals surface area contributed by atoms with Crippen LogP contribution in [0.25, 0.3) is 0 Å². The van der Waals surface area contributed by atoms with Gasteiger partial charge in [-0.1, -0.05) is 109 Å². The summed E-state index contributed by atoms with van der Waals surface area (Å²) in [7, 11) is -2.97. The van der Waals surface area contributed by atoms with E-state index < -0.39 is 14.5 Å². The standard InChI is InChI=1S/C46H40O2P2/c1-48-46(47)39-33-37(35-49(40-20-8-2-9-21-40,41-22-10-3-11-23-41)42-24-12-4-13-25-42)32-38(34-39)36-50(43-26-14-5-15-27-43,44-28-16-6-17-29-44)45-30-18-7-19-31-45/h2-34H,35-36H2,1H3/q+2. The van der Waals surface area contributed by atoms with Crippen LogP contribution in [0, 0.1) is 0 Å². The lowest BCUT2D eigenvalue weighted by Crippen LogP contribution is -2.33. The highest BCUT2D eigenvalue weighted by atomic mass is 31.2. The first-order valence-electron chi connectivity index (χ1n) is 16.9. The Bertz CT molecular complexity index is 1800. The second kappa shape index (κ2) is 15.2. The summed E-state index contributed by atoms with van der Waals surface area (Å²) in [5.41, 5.74) is 2.83. The monoisotopic (exact) mass is 686 g/mol. The highest BCUT2D eigenvalue weighted by molar-refractivity contribution is 7.95. The Morgan fingerprint density at radius 3 is 0.860 bits per heavy atom. The van der Waals surface area contributed by atoms with E-state index in [1.54, 1.807) is 0 Å².